The molecule has 0 aliphatic carbocycles. The highest BCUT2D eigenvalue weighted by atomic mass is 35.5. The van der Waals surface area contributed by atoms with Crippen LogP contribution in [-0.2, 0) is 11.2 Å². The summed E-state index contributed by atoms with van der Waals surface area (Å²) < 4.78 is 19.0. The van der Waals surface area contributed by atoms with E-state index in [1.807, 2.05) is 30.9 Å². The second-order valence-corrected chi connectivity index (χ2v) is 8.34. The zero-order chi connectivity index (χ0) is 22.7. The minimum atomic E-state index is -0.305. The molecule has 1 aliphatic heterocycles. The summed E-state index contributed by atoms with van der Waals surface area (Å²) in [6.07, 6.45) is 1.72. The monoisotopic (exact) mass is 454 g/mol. The van der Waals surface area contributed by atoms with Crippen LogP contribution in [0, 0.1) is 12.7 Å². The Hall–Kier alpha value is -3.19. The van der Waals surface area contributed by atoms with Crippen LogP contribution < -0.4 is 9.64 Å². The van der Waals surface area contributed by atoms with Crippen molar-refractivity contribution >= 4 is 23.3 Å². The van der Waals surface area contributed by atoms with Crippen LogP contribution in [0.1, 0.15) is 18.1 Å². The number of piperazine rings is 1. The minimum absolute atomic E-state index is 0.00208. The van der Waals surface area contributed by atoms with E-state index in [0.29, 0.717) is 36.3 Å². The van der Waals surface area contributed by atoms with Gasteiger partial charge in [-0.25, -0.2) is 14.4 Å². The quantitative estimate of drug-likeness (QED) is 0.561. The van der Waals surface area contributed by atoms with Gasteiger partial charge in [0.15, 0.2) is 0 Å². The fraction of sp³-hybridized carbons (Fsp3) is 0.292. The van der Waals surface area contributed by atoms with Gasteiger partial charge in [0.05, 0.1) is 11.4 Å². The van der Waals surface area contributed by atoms with E-state index in [4.69, 9.17) is 16.3 Å². The Balaban J connectivity index is 1.40. The molecular formula is C24H24ClFN4O2. The lowest BCUT2D eigenvalue weighted by Gasteiger charge is -2.40. The summed E-state index contributed by atoms with van der Waals surface area (Å²) in [6, 6.07) is 13.4. The molecule has 1 saturated heterocycles. The van der Waals surface area contributed by atoms with E-state index in [0.717, 1.165) is 16.9 Å². The Kier molecular flexibility index (Phi) is 6.55. The first-order valence-electron chi connectivity index (χ1n) is 10.4. The lowest BCUT2D eigenvalue weighted by Crippen LogP contribution is -2.54. The second kappa shape index (κ2) is 9.53. The number of carbonyl (C=O) groups is 1. The zero-order valence-corrected chi connectivity index (χ0v) is 18.7. The first-order chi connectivity index (χ1) is 15.4. The zero-order valence-electron chi connectivity index (χ0n) is 18.0. The molecule has 0 N–H and O–H groups in total. The van der Waals surface area contributed by atoms with Crippen LogP contribution in [-0.4, -0.2) is 46.5 Å². The summed E-state index contributed by atoms with van der Waals surface area (Å²) in [5.74, 6) is 1.41. The third-order valence-electron chi connectivity index (χ3n) is 5.47. The first-order valence-corrected chi connectivity index (χ1v) is 10.8. The number of aromatic nitrogens is 2. The number of hydrogen-bond donors (Lipinski definition) is 0. The molecule has 0 spiro atoms. The first kappa shape index (κ1) is 22.0. The number of hydrogen-bond acceptors (Lipinski definition) is 5. The maximum atomic E-state index is 13.1. The molecule has 32 heavy (non-hydrogen) atoms. The Bertz CT molecular complexity index is 1110. The number of amides is 1. The molecule has 2 aromatic carbocycles. The summed E-state index contributed by atoms with van der Waals surface area (Å²) >= 11 is 6.23. The third-order valence-corrected chi connectivity index (χ3v) is 5.78. The van der Waals surface area contributed by atoms with E-state index >= 15 is 0 Å². The van der Waals surface area contributed by atoms with Crippen molar-refractivity contribution in [2.45, 2.75) is 26.3 Å². The lowest BCUT2D eigenvalue weighted by atomic mass is 10.1. The summed E-state index contributed by atoms with van der Waals surface area (Å²) in [6.45, 7) is 5.83. The van der Waals surface area contributed by atoms with Gasteiger partial charge in [-0.1, -0.05) is 29.8 Å². The van der Waals surface area contributed by atoms with Crippen LogP contribution in [0.25, 0.3) is 0 Å². The van der Waals surface area contributed by atoms with Crippen LogP contribution in [0.4, 0.5) is 10.2 Å². The molecule has 1 atom stereocenters. The molecule has 1 aliphatic rings. The predicted octanol–water partition coefficient (Wildman–Crippen LogP) is 4.65. The Morgan fingerprint density at radius 2 is 1.94 bits per heavy atom. The number of halogens is 2. The minimum Gasteiger partial charge on any atom is -0.437 e. The molecule has 166 valence electrons. The van der Waals surface area contributed by atoms with E-state index in [1.54, 1.807) is 24.3 Å². The molecule has 2 heterocycles. The van der Waals surface area contributed by atoms with Gasteiger partial charge in [0.2, 0.25) is 11.8 Å². The van der Waals surface area contributed by atoms with Crippen molar-refractivity contribution in [2.24, 2.45) is 0 Å². The maximum Gasteiger partial charge on any atom is 0.227 e. The van der Waals surface area contributed by atoms with Gasteiger partial charge in [0.25, 0.3) is 0 Å². The number of nitrogens with zero attached hydrogens (tertiary/aromatic N) is 4. The van der Waals surface area contributed by atoms with Crippen molar-refractivity contribution in [3.63, 3.8) is 0 Å². The van der Waals surface area contributed by atoms with E-state index in [1.165, 1.54) is 18.5 Å². The van der Waals surface area contributed by atoms with Gasteiger partial charge in [-0.3, -0.25) is 4.79 Å². The highest BCUT2D eigenvalue weighted by Gasteiger charge is 2.28. The average molecular weight is 455 g/mol. The topological polar surface area (TPSA) is 58.6 Å². The molecule has 4 rings (SSSR count). The number of benzene rings is 2. The Labute approximate surface area is 191 Å². The van der Waals surface area contributed by atoms with Crippen LogP contribution in [0.15, 0.2) is 54.9 Å². The van der Waals surface area contributed by atoms with Gasteiger partial charge in [-0.05, 0) is 49.2 Å². The van der Waals surface area contributed by atoms with Crippen LogP contribution in [0.2, 0.25) is 5.02 Å². The van der Waals surface area contributed by atoms with Gasteiger partial charge in [-0.15, -0.1) is 0 Å². The summed E-state index contributed by atoms with van der Waals surface area (Å²) in [4.78, 5) is 25.3. The Morgan fingerprint density at radius 3 is 2.69 bits per heavy atom. The number of rotatable bonds is 5. The molecule has 3 aromatic rings. The molecule has 0 radical (unpaired) electrons. The molecule has 6 nitrogen and oxygen atoms in total. The van der Waals surface area contributed by atoms with Crippen molar-refractivity contribution in [2.75, 3.05) is 24.5 Å². The lowest BCUT2D eigenvalue weighted by molar-refractivity contribution is -0.132. The summed E-state index contributed by atoms with van der Waals surface area (Å²) in [7, 11) is 0. The van der Waals surface area contributed by atoms with Gasteiger partial charge >= 0.3 is 0 Å². The Morgan fingerprint density at radius 1 is 1.16 bits per heavy atom. The van der Waals surface area contributed by atoms with Crippen molar-refractivity contribution in [3.05, 3.63) is 76.8 Å². The normalized spacial score (nSPS) is 16.2. The van der Waals surface area contributed by atoms with E-state index in [2.05, 4.69) is 14.9 Å². The molecule has 8 heteroatoms. The van der Waals surface area contributed by atoms with Crippen molar-refractivity contribution in [1.29, 1.82) is 0 Å². The second-order valence-electron chi connectivity index (χ2n) is 7.94. The fourth-order valence-electron chi connectivity index (χ4n) is 3.77. The molecule has 1 amide bonds. The van der Waals surface area contributed by atoms with Crippen molar-refractivity contribution in [3.8, 4) is 11.6 Å². The molecule has 1 aromatic heterocycles. The van der Waals surface area contributed by atoms with E-state index in [9.17, 15) is 9.18 Å². The number of aryl methyl sites for hydroxylation is 1. The fourth-order valence-corrected chi connectivity index (χ4v) is 3.93. The van der Waals surface area contributed by atoms with Gasteiger partial charge in [0.1, 0.15) is 23.7 Å². The largest absolute Gasteiger partial charge is 0.437 e. The molecular weight excluding hydrogens is 431 g/mol. The van der Waals surface area contributed by atoms with E-state index < -0.39 is 0 Å². The summed E-state index contributed by atoms with van der Waals surface area (Å²) in [5.41, 5.74) is 1.84. The predicted molar refractivity (Wildman–Crippen MR) is 122 cm³/mol. The number of ether oxygens (including phenoxy) is 1. The van der Waals surface area contributed by atoms with Gasteiger partial charge in [-0.2, -0.15) is 0 Å². The van der Waals surface area contributed by atoms with Gasteiger partial charge in [0, 0.05) is 31.7 Å². The average Bonchev–Trinajstić information content (AvgIpc) is 2.78. The van der Waals surface area contributed by atoms with Crippen LogP contribution >= 0.6 is 11.6 Å². The van der Waals surface area contributed by atoms with Crippen molar-refractivity contribution in [1.82, 2.24) is 14.9 Å². The SMILES string of the molecule is Cc1ccc(Cl)c(Oc2cc(N3CCN(C(=O)Cc4ccc(F)cc4)[C@H](C)C3)ncn2)c1. The smallest absolute Gasteiger partial charge is 0.227 e. The molecule has 1 fully saturated rings. The highest BCUT2D eigenvalue weighted by Crippen LogP contribution is 2.30. The number of anilines is 1. The number of carbonyl (C=O) groups excluding carboxylic acids is 1. The molecule has 0 bridgehead atoms. The van der Waals surface area contributed by atoms with Crippen molar-refractivity contribution < 1.29 is 13.9 Å². The van der Waals surface area contributed by atoms with E-state index in [-0.39, 0.29) is 24.2 Å². The maximum absolute atomic E-state index is 13.1. The van der Waals surface area contributed by atoms with Crippen LogP contribution in [0.5, 0.6) is 11.6 Å². The third kappa shape index (κ3) is 5.16. The molecule has 0 saturated carbocycles. The molecule has 0 unspecified atom stereocenters. The summed E-state index contributed by atoms with van der Waals surface area (Å²) in [5, 5.41) is 0.512. The standard InChI is InChI=1S/C24H24ClFN4O2/c1-16-3-8-20(25)21(11-16)32-23-13-22(27-15-28-23)29-9-10-30(17(2)14-29)24(31)12-18-4-6-19(26)7-5-18/h3-8,11,13,15,17H,9-10,12,14H2,1-2H3/t17-/m1/s1. The van der Waals surface area contributed by atoms with Crippen LogP contribution in [0.3, 0.4) is 0 Å². The highest BCUT2D eigenvalue weighted by molar-refractivity contribution is 6.32. The van der Waals surface area contributed by atoms with Gasteiger partial charge < -0.3 is 14.5 Å².